The minimum Gasteiger partial charge on any atom is -1.00 e. The van der Waals surface area contributed by atoms with Crippen LogP contribution in [0.4, 0.5) is 32.3 Å². The minimum absolute atomic E-state index is 0. The molecule has 838 valence electrons. The smallest absolute Gasteiger partial charge is 0.485 e. The first kappa shape index (κ1) is 128. The lowest BCUT2D eigenvalue weighted by atomic mass is 9.85. The fourth-order valence-electron chi connectivity index (χ4n) is 15.5. The molecule has 4 heterocycles. The van der Waals surface area contributed by atoms with Gasteiger partial charge in [-0.05, 0) is 165 Å². The highest BCUT2D eigenvalue weighted by Gasteiger charge is 2.66. The number of ether oxygens (including phenoxy) is 4. The third-order valence-corrected chi connectivity index (χ3v) is 32.3. The standard InChI is InChI=1S/C25H40N4O8S.C19H29N3O7S.C14H21N3O5S.C11H21NO4.C10H17NO5.C9H14N2O3S.CHF3O3S.ClH/c1-8-14-12-25(14,21(33)28-38(35,36)16-9-10-16)27-19(31)17-11-15(30)13-29(17)20(32)18(23(2,3)4)26-22(34)37-24(5,6)7;1-5-11-9-19(11,16(25)21-30(27,28)13-6-7-13)20-15(24)14-8-12(23)10-22(14)17(26)29-18(2,3)4;1-2-8-6-14(8,13(20)17-23(21,22)10-3-4-10)16-12(19)11-5-9(18)7-15-11;1-10(2,3)7(8(13)14)12-9(15)16-11(4,5)6;1-10(2,3)16-9(15)11-5-6(12)4-7(11)8(13)14;1-2-6-5-9(6,10)8(12)11-15(13,14)7-3-4-7;2-1(3,4)8(5,6)7;/h8,14-18,30H,1,9-13H2,2-7H3,(H,26,34)(H,27,31)(H,28,33);5,11-14,23H,1,6-10H2,2-4H3,(H,20,24)(H,21,25);2,8-11,15,18H,1,3-7H2,(H,16,19)(H,17,20);7H,1-6H3,(H,12,15)(H,13,14);6-7,12H,4-5H2,1-3H3,(H,13,14);2,6-7H,1,3-5,10H2,(H,11,12);(H,5,6,7);1H/t14?,15-,17+,18-,25-;11?,12-,14+,19-;8?,9-,11+,14-;7-;6-,7+;6?,9-;;/m111111../s1. The largest absolute Gasteiger partial charge is 1.00 e. The lowest BCUT2D eigenvalue weighted by Gasteiger charge is -2.36. The summed E-state index contributed by atoms with van der Waals surface area (Å²) in [6, 6.07) is -5.68. The lowest BCUT2D eigenvalue weighted by Crippen LogP contribution is -3.00. The number of alkyl halides is 3. The van der Waals surface area contributed by atoms with Gasteiger partial charge in [-0.15, -0.1) is 26.3 Å². The summed E-state index contributed by atoms with van der Waals surface area (Å²) in [5.74, 6) is -8.54. The zero-order chi connectivity index (χ0) is 112. The molecule has 8 saturated carbocycles. The van der Waals surface area contributed by atoms with Crippen LogP contribution in [0, 0.1) is 34.5 Å². The molecule has 0 aromatic rings. The number of nitrogens with two attached hydrogens (primary N) is 1. The summed E-state index contributed by atoms with van der Waals surface area (Å²) in [6.07, 6.45) is 5.84. The number of hydrogen-bond donors (Lipinski definition) is 17. The number of aliphatic carboxylic acids is 2. The molecule has 0 aromatic carbocycles. The zero-order valence-electron chi connectivity index (χ0n) is 85.4. The first-order valence-electron chi connectivity index (χ1n) is 47.0. The maximum absolute atomic E-state index is 13.6. The fourth-order valence-corrected chi connectivity index (χ4v) is 20.9. The topological polar surface area (TPSA) is 753 Å². The lowest BCUT2D eigenvalue weighted by molar-refractivity contribution is -0.659. The average molecular weight is 2220 g/mol. The van der Waals surface area contributed by atoms with Crippen LogP contribution in [0.25, 0.3) is 0 Å². The van der Waals surface area contributed by atoms with E-state index in [1.54, 1.807) is 142 Å². The van der Waals surface area contributed by atoms with Crippen LogP contribution in [0.3, 0.4) is 0 Å². The quantitative estimate of drug-likeness (QED) is 0.0162. The Hall–Kier alpha value is -9.71. The summed E-state index contributed by atoms with van der Waals surface area (Å²) in [5, 5.41) is 69.6. The van der Waals surface area contributed by atoms with Crippen LogP contribution in [0.15, 0.2) is 50.6 Å². The Bertz CT molecular complexity index is 5560. The number of likely N-dealkylation sites (tertiary alicyclic amines) is 3. The number of amides is 12. The van der Waals surface area contributed by atoms with Crippen LogP contribution in [-0.4, -0.2) is 333 Å². The predicted molar refractivity (Wildman–Crippen MR) is 510 cm³/mol. The van der Waals surface area contributed by atoms with Gasteiger partial charge in [0, 0.05) is 62.3 Å². The second kappa shape index (κ2) is 47.4. The van der Waals surface area contributed by atoms with Gasteiger partial charge in [0.15, 0.2) is 21.7 Å². The van der Waals surface area contributed by atoms with Crippen molar-refractivity contribution < 1.29 is 200 Å². The number of hydrogen-bond acceptors (Lipinski definition) is 33. The van der Waals surface area contributed by atoms with Crippen molar-refractivity contribution in [2.45, 2.75) is 359 Å². The number of aliphatic hydroxyl groups is 4. The number of carbonyl (C=O) groups excluding carboxylic acids is 12. The summed E-state index contributed by atoms with van der Waals surface area (Å²) in [7, 11) is -20.8. The van der Waals surface area contributed by atoms with Gasteiger partial charge in [-0.1, -0.05) is 65.8 Å². The number of quaternary nitrogens is 2. The van der Waals surface area contributed by atoms with Gasteiger partial charge in [0.05, 0.1) is 52.4 Å². The van der Waals surface area contributed by atoms with E-state index < -0.39 is 277 Å². The molecule has 12 fully saturated rings. The third kappa shape index (κ3) is 36.6. The molecule has 147 heavy (non-hydrogen) atoms. The number of carboxylic acids is 2. The number of aliphatic hydroxyl groups excluding tert-OH is 4. The highest BCUT2D eigenvalue weighted by atomic mass is 35.5. The van der Waals surface area contributed by atoms with Gasteiger partial charge in [0.25, 0.3) is 29.5 Å². The van der Waals surface area contributed by atoms with E-state index in [9.17, 15) is 134 Å². The molecule has 12 rings (SSSR count). The number of β-amino-alcohol motifs (C(OH)–C–C–N with tert-alkyl or cyclic N) is 3. The normalized spacial score (nSPS) is 27.9. The van der Waals surface area contributed by atoms with Crippen molar-refractivity contribution in [2.75, 3.05) is 26.2 Å². The Kier molecular flexibility index (Phi) is 41.2. The molecule has 0 bridgehead atoms. The first-order valence-corrected chi connectivity index (χ1v) is 54.6. The summed E-state index contributed by atoms with van der Waals surface area (Å²) in [5.41, 5.74) is -11.1. The van der Waals surface area contributed by atoms with Crippen molar-refractivity contribution in [3.05, 3.63) is 50.6 Å². The predicted octanol–water partition coefficient (Wildman–Crippen LogP) is -3.78. The average Bonchev–Trinajstić information content (AvgIpc) is 1.57. The van der Waals surface area contributed by atoms with Gasteiger partial charge in [0.1, 0.15) is 81.9 Å². The molecule has 49 nitrogen and oxygen atoms in total. The van der Waals surface area contributed by atoms with E-state index in [2.05, 4.69) is 77.5 Å². The molecule has 58 heteroatoms. The van der Waals surface area contributed by atoms with E-state index in [-0.39, 0.29) is 87.1 Å². The van der Waals surface area contributed by atoms with Crippen molar-refractivity contribution in [3.63, 3.8) is 0 Å². The van der Waals surface area contributed by atoms with Crippen LogP contribution >= 0.6 is 0 Å². The SMILES string of the molecule is C=CC1C[C@]1(NC(=O)[C@@H]1C[C@@H](O)CN1C(=O)OC(C)(C)C)C(=O)NS(=O)(=O)C1CC1.C=CC1C[C@]1(NC(=O)[C@@H]1C[C@@H](O)CN1C(=O)[C@@H](NC(=O)OC(C)(C)C)C(C)(C)C)C(=O)NS(=O)(=O)C1CC1.C=CC1C[C@]1(NC(=O)[C@@H]1C[C@@H](O)C[NH2+]1)C(=O)NS(=O)(=O)C1CC1.C=CC1C[C@]1([NH3+])C(=O)NS(=O)(=O)C1CC1.CC(C)(C)OC(=O)N1C[C@H](O)C[C@H]1C(=O)O.CC(C)(C)OC(=O)N[C@H](C(=O)O)C(C)(C)C.O=S(=O)([O-])C(F)(F)F.[Cl-]. The molecule has 0 spiro atoms. The Morgan fingerprint density at radius 1 is 0.415 bits per heavy atom. The summed E-state index contributed by atoms with van der Waals surface area (Å²) >= 11 is 0. The van der Waals surface area contributed by atoms with Crippen molar-refractivity contribution >= 4 is 134 Å². The van der Waals surface area contributed by atoms with Crippen LogP contribution in [0.1, 0.15) is 227 Å². The Labute approximate surface area is 859 Å². The van der Waals surface area contributed by atoms with Gasteiger partial charge < -0.3 is 109 Å². The molecule has 4 saturated heterocycles. The molecule has 20 N–H and O–H groups in total. The molecule has 0 radical (unpaired) electrons. The van der Waals surface area contributed by atoms with Crippen LogP contribution in [-0.2, 0) is 117 Å². The number of nitrogens with zero attached hydrogens (tertiary/aromatic N) is 3. The summed E-state index contributed by atoms with van der Waals surface area (Å²) < 4.78 is 184. The summed E-state index contributed by atoms with van der Waals surface area (Å²) in [4.78, 5) is 175. The number of halogens is 4. The Balaban J connectivity index is 0.000000315. The fraction of sp³-hybridized carbons (Fsp3) is 0.753. The highest BCUT2D eigenvalue weighted by Crippen LogP contribution is 2.49. The number of rotatable bonds is 27. The van der Waals surface area contributed by atoms with Gasteiger partial charge in [0.2, 0.25) is 57.8 Å². The van der Waals surface area contributed by atoms with E-state index in [4.69, 9.17) is 42.1 Å². The molecule has 4 aliphatic heterocycles. The van der Waals surface area contributed by atoms with Crippen molar-refractivity contribution in [3.8, 4) is 0 Å². The Morgan fingerprint density at radius 2 is 0.694 bits per heavy atom. The number of carboxylic acid groups (broad SMARTS) is 2. The van der Waals surface area contributed by atoms with Crippen molar-refractivity contribution in [1.82, 2.24) is 60.2 Å². The summed E-state index contributed by atoms with van der Waals surface area (Å²) in [6.45, 7) is 45.6. The van der Waals surface area contributed by atoms with Crippen molar-refractivity contribution in [2.24, 2.45) is 34.5 Å². The molecular weight excluding hydrogens is 2080 g/mol. The molecule has 12 amide bonds. The van der Waals surface area contributed by atoms with Crippen molar-refractivity contribution in [1.29, 1.82) is 0 Å². The van der Waals surface area contributed by atoms with E-state index in [0.717, 1.165) is 9.80 Å². The first-order chi connectivity index (χ1) is 66.2. The van der Waals surface area contributed by atoms with E-state index >= 15 is 0 Å². The van der Waals surface area contributed by atoms with Gasteiger partial charge in [-0.2, -0.15) is 13.2 Å². The number of sulfonamides is 4. The molecule has 4 unspecified atom stereocenters. The maximum Gasteiger partial charge on any atom is 0.485 e. The van der Waals surface area contributed by atoms with Crippen LogP contribution < -0.4 is 68.9 Å². The highest BCUT2D eigenvalue weighted by molar-refractivity contribution is 7.91. The molecule has 0 aromatic heterocycles. The zero-order valence-corrected chi connectivity index (χ0v) is 90.2. The van der Waals surface area contributed by atoms with E-state index in [0.29, 0.717) is 77.2 Å². The second-order valence-electron chi connectivity index (χ2n) is 44.3. The third-order valence-electron chi connectivity index (χ3n) is 24.5. The van der Waals surface area contributed by atoms with E-state index in [1.807, 2.05) is 0 Å². The van der Waals surface area contributed by atoms with Gasteiger partial charge >= 0.3 is 41.8 Å². The number of alkyl carbamates (subject to hydrolysis) is 2. The number of nitrogens with one attached hydrogen (secondary N) is 9. The van der Waals surface area contributed by atoms with E-state index in [1.165, 1.54) is 17.1 Å². The monoisotopic (exact) mass is 2220 g/mol. The van der Waals surface area contributed by atoms with Crippen LogP contribution in [0.2, 0.25) is 0 Å². The number of carbonyl (C=O) groups is 14. The maximum atomic E-state index is 13.6. The Morgan fingerprint density at radius 3 is 0.946 bits per heavy atom. The molecular formula is C89H144ClF3N14O35S5. The van der Waals surface area contributed by atoms with Crippen LogP contribution in [0.5, 0.6) is 0 Å². The molecule has 18 atom stereocenters. The molecule has 12 aliphatic rings. The minimum atomic E-state index is -6.09. The van der Waals surface area contributed by atoms with Gasteiger partial charge in [-0.25, -0.2) is 75.6 Å². The molecule has 8 aliphatic carbocycles. The van der Waals surface area contributed by atoms with Gasteiger partial charge in [-0.3, -0.25) is 62.3 Å². The second-order valence-corrected chi connectivity index (χ2v) is 53.5.